The normalized spacial score (nSPS) is 50.1. The summed E-state index contributed by atoms with van der Waals surface area (Å²) in [6.07, 6.45) is 15.4. The van der Waals surface area contributed by atoms with Crippen LogP contribution in [-0.4, -0.2) is 11.6 Å². The summed E-state index contributed by atoms with van der Waals surface area (Å²) in [7, 11) is 0. The summed E-state index contributed by atoms with van der Waals surface area (Å²) in [5.74, 6) is 5.22. The summed E-state index contributed by atoms with van der Waals surface area (Å²) in [6, 6.07) is 0. The van der Waals surface area contributed by atoms with Crippen molar-refractivity contribution in [2.75, 3.05) is 0 Å². The molecule has 4 fully saturated rings. The fraction of sp³-hybridized carbons (Fsp3) is 0.846. The third-order valence-corrected chi connectivity index (χ3v) is 10.5. The van der Waals surface area contributed by atoms with Crippen LogP contribution in [0.25, 0.3) is 0 Å². The second-order valence-electron chi connectivity index (χ2n) is 11.5. The first-order valence-corrected chi connectivity index (χ1v) is 12.1. The van der Waals surface area contributed by atoms with Crippen molar-refractivity contribution in [1.29, 1.82) is 0 Å². The van der Waals surface area contributed by atoms with E-state index in [4.69, 9.17) is 0 Å². The number of fused-ring (bicyclic) bond motifs is 7. The molecule has 0 spiro atoms. The average Bonchev–Trinajstić information content (AvgIpc) is 2.91. The largest absolute Gasteiger partial charge is 0.300 e. The van der Waals surface area contributed by atoms with Crippen LogP contribution in [0, 0.1) is 46.3 Å². The van der Waals surface area contributed by atoms with Crippen LogP contribution in [0.4, 0.5) is 0 Å². The van der Waals surface area contributed by atoms with Crippen LogP contribution in [-0.2, 0) is 9.59 Å². The molecule has 2 nitrogen and oxygen atoms in total. The van der Waals surface area contributed by atoms with E-state index in [1.807, 2.05) is 13.0 Å². The molecule has 2 heteroatoms. The number of hydrogen-bond acceptors (Lipinski definition) is 2. The van der Waals surface area contributed by atoms with Gasteiger partial charge < -0.3 is 4.79 Å². The van der Waals surface area contributed by atoms with Crippen molar-refractivity contribution in [2.45, 2.75) is 91.4 Å². The molecule has 154 valence electrons. The molecule has 0 amide bonds. The van der Waals surface area contributed by atoms with Gasteiger partial charge in [0.25, 0.3) is 0 Å². The summed E-state index contributed by atoms with van der Waals surface area (Å²) in [5.41, 5.74) is 2.14. The fourth-order valence-electron chi connectivity index (χ4n) is 9.46. The van der Waals surface area contributed by atoms with Crippen LogP contribution in [0.1, 0.15) is 91.4 Å². The molecule has 0 N–H and O–H groups in total. The van der Waals surface area contributed by atoms with Crippen molar-refractivity contribution in [3.63, 3.8) is 0 Å². The van der Waals surface area contributed by atoms with E-state index in [1.54, 1.807) is 0 Å². The minimum Gasteiger partial charge on any atom is -0.300 e. The van der Waals surface area contributed by atoms with Gasteiger partial charge in [-0.2, -0.15) is 0 Å². The van der Waals surface area contributed by atoms with Gasteiger partial charge >= 0.3 is 0 Å². The Kier molecular flexibility index (Phi) is 4.45. The topological polar surface area (TPSA) is 34.1 Å². The number of carbonyl (C=O) groups excluding carboxylic acids is 2. The molecule has 0 saturated heterocycles. The number of rotatable bonds is 2. The first-order chi connectivity index (χ1) is 13.4. The number of Topliss-reactive ketones (excluding diaryl/α,β-unsaturated/α-hetero) is 1. The lowest BCUT2D eigenvalue weighted by Gasteiger charge is -2.59. The van der Waals surface area contributed by atoms with Gasteiger partial charge in [-0.1, -0.05) is 32.3 Å². The zero-order valence-corrected chi connectivity index (χ0v) is 18.1. The van der Waals surface area contributed by atoms with Crippen LogP contribution < -0.4 is 0 Å². The average molecular weight is 383 g/mol. The van der Waals surface area contributed by atoms with E-state index in [0.29, 0.717) is 28.8 Å². The minimum absolute atomic E-state index is 0.286. The second-order valence-corrected chi connectivity index (χ2v) is 11.5. The van der Waals surface area contributed by atoms with Gasteiger partial charge in [-0.15, -0.1) is 0 Å². The molecule has 4 saturated carbocycles. The Balaban J connectivity index is 1.51. The molecule has 0 aromatic rings. The summed E-state index contributed by atoms with van der Waals surface area (Å²) >= 11 is 0. The lowest BCUT2D eigenvalue weighted by molar-refractivity contribution is -0.129. The third kappa shape index (κ3) is 2.51. The fourth-order valence-corrected chi connectivity index (χ4v) is 9.46. The molecule has 5 aliphatic rings. The van der Waals surface area contributed by atoms with Crippen LogP contribution in [0.3, 0.4) is 0 Å². The molecule has 0 aliphatic heterocycles. The second kappa shape index (κ2) is 6.54. The van der Waals surface area contributed by atoms with Crippen LogP contribution in [0.5, 0.6) is 0 Å². The predicted octanol–water partition coefficient (Wildman–Crippen LogP) is 6.14. The Hall–Kier alpha value is -0.920. The maximum Gasteiger partial charge on any atom is 0.155 e. The van der Waals surface area contributed by atoms with Gasteiger partial charge in [-0.25, -0.2) is 0 Å². The third-order valence-electron chi connectivity index (χ3n) is 10.5. The molecular formula is C26H38O2. The maximum atomic E-state index is 12.4. The highest BCUT2D eigenvalue weighted by atomic mass is 16.1. The van der Waals surface area contributed by atoms with Crippen LogP contribution >= 0.6 is 0 Å². The lowest BCUT2D eigenvalue weighted by Crippen LogP contribution is -2.52. The molecule has 1 unspecified atom stereocenters. The predicted molar refractivity (Wildman–Crippen MR) is 112 cm³/mol. The molecule has 5 aliphatic carbocycles. The zero-order valence-electron chi connectivity index (χ0n) is 18.1. The molecule has 0 bridgehead atoms. The molecule has 28 heavy (non-hydrogen) atoms. The highest BCUT2D eigenvalue weighted by molar-refractivity contribution is 5.91. The lowest BCUT2D eigenvalue weighted by atomic mass is 9.45. The Bertz CT molecular complexity index is 720. The zero-order chi connectivity index (χ0) is 19.7. The van der Waals surface area contributed by atoms with E-state index < -0.39 is 0 Å². The smallest absolute Gasteiger partial charge is 0.155 e. The van der Waals surface area contributed by atoms with Gasteiger partial charge in [0.05, 0.1) is 0 Å². The van der Waals surface area contributed by atoms with Gasteiger partial charge in [-0.05, 0) is 104 Å². The quantitative estimate of drug-likeness (QED) is 0.575. The number of ketones is 2. The molecule has 8 atom stereocenters. The van der Waals surface area contributed by atoms with Crippen molar-refractivity contribution in [3.05, 3.63) is 11.6 Å². The summed E-state index contributed by atoms with van der Waals surface area (Å²) < 4.78 is 0. The van der Waals surface area contributed by atoms with Crippen molar-refractivity contribution >= 4 is 11.6 Å². The van der Waals surface area contributed by atoms with Gasteiger partial charge in [-0.3, -0.25) is 4.79 Å². The molecule has 0 aromatic carbocycles. The van der Waals surface area contributed by atoms with Gasteiger partial charge in [0, 0.05) is 12.8 Å². The Morgan fingerprint density at radius 2 is 1.93 bits per heavy atom. The molecule has 0 radical (unpaired) electrons. The van der Waals surface area contributed by atoms with E-state index in [0.717, 1.165) is 42.9 Å². The molecular weight excluding hydrogens is 344 g/mol. The number of allylic oxidation sites excluding steroid dienone is 1. The highest BCUT2D eigenvalue weighted by Crippen LogP contribution is 2.73. The van der Waals surface area contributed by atoms with E-state index in [1.165, 1.54) is 56.9 Å². The van der Waals surface area contributed by atoms with Crippen LogP contribution in [0.15, 0.2) is 11.6 Å². The van der Waals surface area contributed by atoms with E-state index in [-0.39, 0.29) is 5.41 Å². The van der Waals surface area contributed by atoms with Gasteiger partial charge in [0.15, 0.2) is 5.78 Å². The summed E-state index contributed by atoms with van der Waals surface area (Å²) in [4.78, 5) is 24.4. The van der Waals surface area contributed by atoms with Crippen molar-refractivity contribution in [1.82, 2.24) is 0 Å². The van der Waals surface area contributed by atoms with E-state index in [2.05, 4.69) is 13.8 Å². The summed E-state index contributed by atoms with van der Waals surface area (Å²) in [5, 5.41) is 0. The molecule has 0 heterocycles. The standard InChI is InChI=1S/C26H38O2/c1-16-12-23-21(20-8-7-19(28)14-22(16)20)9-11-25(3)24(23)13-18-6-4-5-10-26(18,25)15-17(2)27/h14,16,18,20-21,23-24H,4-13,15H2,1-3H3/t16-,18+,20?,21+,23+,24+,25-,26-/m0/s1. The summed E-state index contributed by atoms with van der Waals surface area (Å²) in [6.45, 7) is 6.82. The Morgan fingerprint density at radius 1 is 1.11 bits per heavy atom. The molecule has 0 aromatic heterocycles. The first kappa shape index (κ1) is 19.1. The SMILES string of the molecule is CC(=O)C[C@@]12CCCC[C@@H]1C[C@@H]1[C@@H]3C[C@H](C)C4=CC(=O)CCC4[C@H]3CC[C@@]12C. The van der Waals surface area contributed by atoms with E-state index in [9.17, 15) is 9.59 Å². The number of hydrogen-bond donors (Lipinski definition) is 0. The van der Waals surface area contributed by atoms with Crippen LogP contribution in [0.2, 0.25) is 0 Å². The maximum absolute atomic E-state index is 12.4. The van der Waals surface area contributed by atoms with Gasteiger partial charge in [0.1, 0.15) is 5.78 Å². The minimum atomic E-state index is 0.286. The Labute approximate surface area is 170 Å². The van der Waals surface area contributed by atoms with E-state index >= 15 is 0 Å². The number of carbonyl (C=O) groups is 2. The van der Waals surface area contributed by atoms with Gasteiger partial charge in [0.2, 0.25) is 0 Å². The highest BCUT2D eigenvalue weighted by Gasteiger charge is 2.66. The monoisotopic (exact) mass is 382 g/mol. The van der Waals surface area contributed by atoms with Crippen molar-refractivity contribution < 1.29 is 9.59 Å². The van der Waals surface area contributed by atoms with Crippen molar-refractivity contribution in [3.8, 4) is 0 Å². The van der Waals surface area contributed by atoms with Crippen molar-refractivity contribution in [2.24, 2.45) is 46.3 Å². The first-order valence-electron chi connectivity index (χ1n) is 12.1. The molecule has 5 rings (SSSR count). The Morgan fingerprint density at radius 3 is 2.71 bits per heavy atom.